The van der Waals surface area contributed by atoms with Crippen LogP contribution >= 0.6 is 0 Å². The van der Waals surface area contributed by atoms with E-state index in [1.807, 2.05) is 0 Å². The van der Waals surface area contributed by atoms with Crippen molar-refractivity contribution in [3.05, 3.63) is 0 Å². The minimum absolute atomic E-state index is 0.145. The van der Waals surface area contributed by atoms with Gasteiger partial charge in [-0.05, 0) is 49.8 Å². The highest BCUT2D eigenvalue weighted by atomic mass is 16.4. The number of carboxylic acid groups (broad SMARTS) is 1. The second kappa shape index (κ2) is 5.40. The van der Waals surface area contributed by atoms with Crippen molar-refractivity contribution in [2.75, 3.05) is 0 Å². The van der Waals surface area contributed by atoms with Crippen LogP contribution in [0.3, 0.4) is 0 Å². The van der Waals surface area contributed by atoms with E-state index in [-0.39, 0.29) is 30.2 Å². The number of carbonyl (C=O) groups is 1. The summed E-state index contributed by atoms with van der Waals surface area (Å²) in [4.78, 5) is 11.5. The smallest absolute Gasteiger partial charge is 0.451 e. The van der Waals surface area contributed by atoms with Gasteiger partial charge >= 0.3 is 13.1 Å². The maximum absolute atomic E-state index is 11.5. The van der Waals surface area contributed by atoms with Gasteiger partial charge in [0.05, 0.1) is 6.10 Å². The minimum Gasteiger partial charge on any atom is -0.480 e. The molecule has 2 aliphatic rings. The molecule has 0 bridgehead atoms. The average Bonchev–Trinajstić information content (AvgIpc) is 2.74. The van der Waals surface area contributed by atoms with Gasteiger partial charge in [0.15, 0.2) is 0 Å². The Morgan fingerprint density at radius 1 is 1.37 bits per heavy atom. The number of nitrogens with two attached hydrogens (primary N) is 1. The molecular weight excluding hydrogens is 249 g/mol. The zero-order chi connectivity index (χ0) is 14.2. The molecule has 0 unspecified atom stereocenters. The van der Waals surface area contributed by atoms with Gasteiger partial charge in [-0.3, -0.25) is 4.79 Å². The predicted molar refractivity (Wildman–Crippen MR) is 69.1 cm³/mol. The van der Waals surface area contributed by atoms with E-state index in [4.69, 9.17) is 15.8 Å². The van der Waals surface area contributed by atoms with E-state index in [1.54, 1.807) is 0 Å². The molecule has 2 fully saturated rings. The Labute approximate surface area is 112 Å². The molecule has 0 radical (unpaired) electrons. The molecule has 0 saturated heterocycles. The third kappa shape index (κ3) is 2.79. The highest BCUT2D eigenvalue weighted by Gasteiger charge is 2.57. The quantitative estimate of drug-likeness (QED) is 0.426. The molecule has 0 aromatic heterocycles. The van der Waals surface area contributed by atoms with Crippen molar-refractivity contribution < 1.29 is 25.1 Å². The number of rotatable bonds is 5. The lowest BCUT2D eigenvalue weighted by Crippen LogP contribution is -2.52. The number of carboxylic acids is 1. The Morgan fingerprint density at radius 3 is 2.63 bits per heavy atom. The summed E-state index contributed by atoms with van der Waals surface area (Å²) in [6.07, 6.45) is 2.64. The molecule has 6 N–H and O–H groups in total. The van der Waals surface area contributed by atoms with Gasteiger partial charge in [0.25, 0.3) is 0 Å². The zero-order valence-electron chi connectivity index (χ0n) is 10.9. The third-order valence-corrected chi connectivity index (χ3v) is 4.88. The van der Waals surface area contributed by atoms with Gasteiger partial charge < -0.3 is 26.0 Å². The van der Waals surface area contributed by atoms with Crippen molar-refractivity contribution in [3.63, 3.8) is 0 Å². The van der Waals surface area contributed by atoms with Crippen LogP contribution in [0.1, 0.15) is 32.1 Å². The molecular formula is C12H22BNO5. The van der Waals surface area contributed by atoms with Crippen LogP contribution in [-0.4, -0.2) is 45.0 Å². The zero-order valence-corrected chi connectivity index (χ0v) is 10.9. The van der Waals surface area contributed by atoms with Crippen molar-refractivity contribution in [3.8, 4) is 0 Å². The lowest BCUT2D eigenvalue weighted by atomic mass is 9.75. The van der Waals surface area contributed by atoms with E-state index in [9.17, 15) is 15.0 Å². The molecule has 108 valence electrons. The Bertz CT molecular complexity index is 353. The monoisotopic (exact) mass is 271 g/mol. The first-order chi connectivity index (χ1) is 8.84. The molecule has 0 spiro atoms. The van der Waals surface area contributed by atoms with E-state index in [0.717, 1.165) is 0 Å². The van der Waals surface area contributed by atoms with Crippen molar-refractivity contribution >= 4 is 13.1 Å². The summed E-state index contributed by atoms with van der Waals surface area (Å²) in [5.74, 6) is -0.844. The second-order valence-corrected chi connectivity index (χ2v) is 6.12. The highest BCUT2D eigenvalue weighted by molar-refractivity contribution is 6.40. The average molecular weight is 271 g/mol. The normalized spacial score (nSPS) is 41.3. The Kier molecular flexibility index (Phi) is 4.20. The summed E-state index contributed by atoms with van der Waals surface area (Å²) in [6, 6.07) is 0. The highest BCUT2D eigenvalue weighted by Crippen LogP contribution is 2.53. The van der Waals surface area contributed by atoms with Crippen molar-refractivity contribution in [1.82, 2.24) is 0 Å². The molecule has 0 aromatic rings. The minimum atomic E-state index is -1.36. The molecule has 0 aromatic carbocycles. The van der Waals surface area contributed by atoms with Crippen LogP contribution in [0.4, 0.5) is 0 Å². The maximum Gasteiger partial charge on any atom is 0.451 e. The number of aliphatic hydroxyl groups excluding tert-OH is 1. The molecule has 7 heteroatoms. The third-order valence-electron chi connectivity index (χ3n) is 4.88. The standard InChI is InChI=1S/C12H22BNO5/c14-12(11(16)17)6-7-4-8(15)5-9(7)10(12)2-1-3-13(18)19/h7-10,15,18-19H,1-6,14H2,(H,16,17)/t7-,8+,9-,10+,12+/m1/s1. The summed E-state index contributed by atoms with van der Waals surface area (Å²) in [5.41, 5.74) is 4.87. The van der Waals surface area contributed by atoms with Crippen molar-refractivity contribution in [2.45, 2.75) is 50.1 Å². The first-order valence-corrected chi connectivity index (χ1v) is 6.91. The van der Waals surface area contributed by atoms with Crippen LogP contribution in [0.15, 0.2) is 0 Å². The molecule has 6 nitrogen and oxygen atoms in total. The van der Waals surface area contributed by atoms with Crippen LogP contribution in [0.25, 0.3) is 0 Å². The Hall–Kier alpha value is -0.625. The fourth-order valence-electron chi connectivity index (χ4n) is 4.06. The second-order valence-electron chi connectivity index (χ2n) is 6.12. The van der Waals surface area contributed by atoms with Crippen molar-refractivity contribution in [1.29, 1.82) is 0 Å². The van der Waals surface area contributed by atoms with Gasteiger partial charge in [-0.25, -0.2) is 0 Å². The topological polar surface area (TPSA) is 124 Å². The molecule has 2 aliphatic carbocycles. The number of hydrogen-bond donors (Lipinski definition) is 5. The van der Waals surface area contributed by atoms with E-state index < -0.39 is 18.6 Å². The molecule has 0 amide bonds. The summed E-state index contributed by atoms with van der Waals surface area (Å²) in [5, 5.41) is 36.8. The summed E-state index contributed by atoms with van der Waals surface area (Å²) in [6.45, 7) is 0. The van der Waals surface area contributed by atoms with E-state index in [0.29, 0.717) is 32.1 Å². The van der Waals surface area contributed by atoms with Gasteiger partial charge in [0, 0.05) is 0 Å². The van der Waals surface area contributed by atoms with Crippen molar-refractivity contribution in [2.24, 2.45) is 23.5 Å². The van der Waals surface area contributed by atoms with Crippen LogP contribution in [0.2, 0.25) is 6.32 Å². The number of fused-ring (bicyclic) bond motifs is 1. The first-order valence-electron chi connectivity index (χ1n) is 6.91. The summed E-state index contributed by atoms with van der Waals surface area (Å²) in [7, 11) is -1.36. The number of aliphatic carboxylic acids is 1. The van der Waals surface area contributed by atoms with Crippen LogP contribution in [0.5, 0.6) is 0 Å². The Morgan fingerprint density at radius 2 is 2.05 bits per heavy atom. The molecule has 2 rings (SSSR count). The van der Waals surface area contributed by atoms with E-state index in [1.165, 1.54) is 0 Å². The number of aliphatic hydroxyl groups is 1. The lowest BCUT2D eigenvalue weighted by Gasteiger charge is -2.30. The summed E-state index contributed by atoms with van der Waals surface area (Å²) < 4.78 is 0. The largest absolute Gasteiger partial charge is 0.480 e. The van der Waals surface area contributed by atoms with Crippen LogP contribution < -0.4 is 5.73 Å². The molecule has 2 saturated carbocycles. The van der Waals surface area contributed by atoms with E-state index in [2.05, 4.69) is 0 Å². The number of hydrogen-bond acceptors (Lipinski definition) is 5. The first kappa shape index (κ1) is 14.8. The van der Waals surface area contributed by atoms with Crippen LogP contribution in [0, 0.1) is 17.8 Å². The predicted octanol–water partition coefficient (Wildman–Crippen LogP) is -0.572. The van der Waals surface area contributed by atoms with Gasteiger partial charge in [0.2, 0.25) is 0 Å². The van der Waals surface area contributed by atoms with Gasteiger partial charge in [-0.15, -0.1) is 0 Å². The molecule has 0 heterocycles. The fourth-order valence-corrected chi connectivity index (χ4v) is 4.06. The van der Waals surface area contributed by atoms with Gasteiger partial charge in [0.1, 0.15) is 5.54 Å². The lowest BCUT2D eigenvalue weighted by molar-refractivity contribution is -0.145. The summed E-state index contributed by atoms with van der Waals surface area (Å²) >= 11 is 0. The van der Waals surface area contributed by atoms with Gasteiger partial charge in [-0.1, -0.05) is 6.42 Å². The van der Waals surface area contributed by atoms with Gasteiger partial charge in [-0.2, -0.15) is 0 Å². The van der Waals surface area contributed by atoms with E-state index >= 15 is 0 Å². The SMILES string of the molecule is N[C@@]1(C(=O)O)C[C@H]2C[C@H](O)C[C@H]2[C@@H]1CCCB(O)O. The van der Waals surface area contributed by atoms with Crippen LogP contribution in [-0.2, 0) is 4.79 Å². The Balaban J connectivity index is 2.07. The molecule has 0 aliphatic heterocycles. The molecule has 19 heavy (non-hydrogen) atoms. The molecule has 5 atom stereocenters. The fraction of sp³-hybridized carbons (Fsp3) is 0.917. The maximum atomic E-state index is 11.5.